The number of hydrogen-bond acceptors (Lipinski definition) is 3. The molecule has 0 atom stereocenters. The zero-order valence-electron chi connectivity index (χ0n) is 17.2. The van der Waals surface area contributed by atoms with E-state index in [0.29, 0.717) is 17.9 Å². The van der Waals surface area contributed by atoms with Crippen molar-refractivity contribution in [2.75, 3.05) is 13.2 Å². The number of nitrogens with one attached hydrogen (secondary N) is 1. The van der Waals surface area contributed by atoms with Gasteiger partial charge in [-0.15, -0.1) is 0 Å². The van der Waals surface area contributed by atoms with E-state index >= 15 is 0 Å². The first kappa shape index (κ1) is 20.4. The Morgan fingerprint density at radius 1 is 0.839 bits per heavy atom. The number of hydrogen-bond donors (Lipinski definition) is 1. The highest BCUT2D eigenvalue weighted by Crippen LogP contribution is 2.22. The lowest BCUT2D eigenvalue weighted by atomic mass is 10.1. The van der Waals surface area contributed by atoms with Crippen molar-refractivity contribution in [2.45, 2.75) is 13.0 Å². The molecule has 0 aliphatic carbocycles. The lowest BCUT2D eigenvalue weighted by molar-refractivity contribution is -0.121. The molecule has 0 aliphatic heterocycles. The molecule has 5 heteroatoms. The number of ketones is 1. The van der Waals surface area contributed by atoms with Crippen LogP contribution in [0.3, 0.4) is 0 Å². The van der Waals surface area contributed by atoms with E-state index in [4.69, 9.17) is 4.74 Å². The first-order valence-electron chi connectivity index (χ1n) is 10.3. The van der Waals surface area contributed by atoms with Crippen LogP contribution >= 0.6 is 0 Å². The van der Waals surface area contributed by atoms with Crippen molar-refractivity contribution in [1.29, 1.82) is 0 Å². The number of rotatable bonds is 9. The maximum atomic E-state index is 12.8. The number of ether oxygens (including phenoxy) is 1. The maximum absolute atomic E-state index is 12.8. The molecule has 1 heterocycles. The predicted octanol–water partition coefficient (Wildman–Crippen LogP) is 4.26. The fourth-order valence-electron chi connectivity index (χ4n) is 3.54. The Balaban J connectivity index is 1.42. The summed E-state index contributed by atoms with van der Waals surface area (Å²) in [4.78, 5) is 25.3. The van der Waals surface area contributed by atoms with Gasteiger partial charge in [0.1, 0.15) is 12.3 Å². The molecule has 0 unspecified atom stereocenters. The molecule has 156 valence electrons. The van der Waals surface area contributed by atoms with Crippen molar-refractivity contribution in [3.63, 3.8) is 0 Å². The van der Waals surface area contributed by atoms with E-state index in [1.54, 1.807) is 6.20 Å². The van der Waals surface area contributed by atoms with Crippen molar-refractivity contribution < 1.29 is 14.3 Å². The van der Waals surface area contributed by atoms with E-state index in [1.165, 1.54) is 5.56 Å². The Hall–Kier alpha value is -3.86. The summed E-state index contributed by atoms with van der Waals surface area (Å²) in [7, 11) is 0. The van der Waals surface area contributed by atoms with Crippen molar-refractivity contribution >= 4 is 22.6 Å². The van der Waals surface area contributed by atoms with E-state index in [2.05, 4.69) is 5.32 Å². The molecule has 1 amide bonds. The third-order valence-corrected chi connectivity index (χ3v) is 5.09. The minimum atomic E-state index is -0.122. The van der Waals surface area contributed by atoms with E-state index in [-0.39, 0.29) is 24.8 Å². The van der Waals surface area contributed by atoms with Gasteiger partial charge in [0.15, 0.2) is 6.61 Å². The number of carbonyl (C=O) groups excluding carboxylic acids is 2. The summed E-state index contributed by atoms with van der Waals surface area (Å²) in [6, 6.07) is 26.9. The fraction of sp³-hybridized carbons (Fsp3) is 0.154. The number of aromatic nitrogens is 1. The zero-order valence-corrected chi connectivity index (χ0v) is 17.2. The molecular weight excluding hydrogens is 388 g/mol. The van der Waals surface area contributed by atoms with Gasteiger partial charge in [0.25, 0.3) is 0 Å². The first-order valence-corrected chi connectivity index (χ1v) is 10.3. The molecule has 0 aliphatic rings. The second-order valence-electron chi connectivity index (χ2n) is 7.30. The molecule has 0 radical (unpaired) electrons. The molecule has 3 aromatic carbocycles. The molecule has 0 saturated carbocycles. The average molecular weight is 412 g/mol. The van der Waals surface area contributed by atoms with Gasteiger partial charge in [-0.25, -0.2) is 0 Å². The van der Waals surface area contributed by atoms with Gasteiger partial charge in [0, 0.05) is 29.2 Å². The Bertz CT molecular complexity index is 1170. The Morgan fingerprint density at radius 2 is 1.52 bits per heavy atom. The Kier molecular flexibility index (Phi) is 6.43. The molecule has 0 saturated heterocycles. The number of para-hydroxylation sites is 2. The van der Waals surface area contributed by atoms with Crippen LogP contribution in [0.5, 0.6) is 5.75 Å². The number of carbonyl (C=O) groups is 2. The van der Waals surface area contributed by atoms with Crippen LogP contribution in [0.1, 0.15) is 15.9 Å². The second kappa shape index (κ2) is 9.76. The third kappa shape index (κ3) is 5.20. The molecule has 1 aromatic heterocycles. The maximum Gasteiger partial charge on any atom is 0.239 e. The SMILES string of the molecule is O=C(Cn1cc(C(=O)COc2ccccc2)c2ccccc21)NCCc1ccccc1. The molecule has 4 aromatic rings. The highest BCUT2D eigenvalue weighted by Gasteiger charge is 2.17. The highest BCUT2D eigenvalue weighted by molar-refractivity contribution is 6.09. The molecule has 0 bridgehead atoms. The standard InChI is InChI=1S/C26H24N2O3/c29-25(19-31-21-11-5-2-6-12-21)23-17-28(24-14-8-7-13-22(23)24)18-26(30)27-16-15-20-9-3-1-4-10-20/h1-14,17H,15-16,18-19H2,(H,27,30). The number of amides is 1. The van der Waals surface area contributed by atoms with Crippen LogP contribution in [0.25, 0.3) is 10.9 Å². The molecular formula is C26H24N2O3. The van der Waals surface area contributed by atoms with E-state index in [9.17, 15) is 9.59 Å². The number of benzene rings is 3. The van der Waals surface area contributed by atoms with Crippen LogP contribution in [0.4, 0.5) is 0 Å². The van der Waals surface area contributed by atoms with Crippen molar-refractivity contribution in [3.8, 4) is 5.75 Å². The zero-order chi connectivity index (χ0) is 21.5. The summed E-state index contributed by atoms with van der Waals surface area (Å²) in [5.41, 5.74) is 2.59. The summed E-state index contributed by atoms with van der Waals surface area (Å²) >= 11 is 0. The van der Waals surface area contributed by atoms with Crippen LogP contribution in [0.2, 0.25) is 0 Å². The third-order valence-electron chi connectivity index (χ3n) is 5.09. The lowest BCUT2D eigenvalue weighted by Crippen LogP contribution is -2.29. The predicted molar refractivity (Wildman–Crippen MR) is 121 cm³/mol. The van der Waals surface area contributed by atoms with Crippen molar-refractivity contribution in [2.24, 2.45) is 0 Å². The summed E-state index contributed by atoms with van der Waals surface area (Å²) in [5, 5.41) is 3.78. The molecule has 0 fully saturated rings. The van der Waals surface area contributed by atoms with Gasteiger partial charge in [0.2, 0.25) is 11.7 Å². The van der Waals surface area contributed by atoms with E-state index in [0.717, 1.165) is 17.3 Å². The lowest BCUT2D eigenvalue weighted by Gasteiger charge is -2.07. The topological polar surface area (TPSA) is 60.3 Å². The number of Topliss-reactive ketones (excluding diaryl/α,β-unsaturated/α-hetero) is 1. The molecule has 4 rings (SSSR count). The van der Waals surface area contributed by atoms with Gasteiger partial charge in [-0.3, -0.25) is 9.59 Å². The minimum Gasteiger partial charge on any atom is -0.485 e. The summed E-state index contributed by atoms with van der Waals surface area (Å²) in [6.07, 6.45) is 2.53. The normalized spacial score (nSPS) is 10.7. The van der Waals surface area contributed by atoms with Crippen LogP contribution < -0.4 is 10.1 Å². The first-order chi connectivity index (χ1) is 15.2. The molecule has 0 spiro atoms. The smallest absolute Gasteiger partial charge is 0.239 e. The molecule has 31 heavy (non-hydrogen) atoms. The van der Waals surface area contributed by atoms with Gasteiger partial charge < -0.3 is 14.6 Å². The van der Waals surface area contributed by atoms with Gasteiger partial charge in [-0.05, 0) is 30.2 Å². The minimum absolute atomic E-state index is 0.0543. The average Bonchev–Trinajstić information content (AvgIpc) is 3.17. The largest absolute Gasteiger partial charge is 0.485 e. The van der Waals surface area contributed by atoms with E-state index in [1.807, 2.05) is 89.5 Å². The van der Waals surface area contributed by atoms with Gasteiger partial charge in [0.05, 0.1) is 0 Å². The highest BCUT2D eigenvalue weighted by atomic mass is 16.5. The summed E-state index contributed by atoms with van der Waals surface area (Å²) in [6.45, 7) is 0.669. The van der Waals surface area contributed by atoms with Gasteiger partial charge in [-0.1, -0.05) is 66.7 Å². The van der Waals surface area contributed by atoms with Crippen molar-refractivity contribution in [3.05, 3.63) is 102 Å². The second-order valence-corrected chi connectivity index (χ2v) is 7.30. The van der Waals surface area contributed by atoms with Crippen LogP contribution in [-0.4, -0.2) is 29.4 Å². The summed E-state index contributed by atoms with van der Waals surface area (Å²) < 4.78 is 7.44. The fourth-order valence-corrected chi connectivity index (χ4v) is 3.54. The Morgan fingerprint density at radius 3 is 2.29 bits per heavy atom. The monoisotopic (exact) mass is 412 g/mol. The molecule has 1 N–H and O–H groups in total. The van der Waals surface area contributed by atoms with Gasteiger partial charge in [-0.2, -0.15) is 0 Å². The molecule has 5 nitrogen and oxygen atoms in total. The number of fused-ring (bicyclic) bond motifs is 1. The van der Waals surface area contributed by atoms with Crippen LogP contribution in [0, 0.1) is 0 Å². The number of nitrogens with zero attached hydrogens (tertiary/aromatic N) is 1. The van der Waals surface area contributed by atoms with Crippen LogP contribution in [-0.2, 0) is 17.8 Å². The summed E-state index contributed by atoms with van der Waals surface area (Å²) in [5.74, 6) is 0.442. The quantitative estimate of drug-likeness (QED) is 0.418. The van der Waals surface area contributed by atoms with E-state index < -0.39 is 0 Å². The van der Waals surface area contributed by atoms with Crippen LogP contribution in [0.15, 0.2) is 91.1 Å². The van der Waals surface area contributed by atoms with Gasteiger partial charge >= 0.3 is 0 Å². The Labute approximate surface area is 181 Å². The van der Waals surface area contributed by atoms with Crippen molar-refractivity contribution in [1.82, 2.24) is 9.88 Å².